The Morgan fingerprint density at radius 3 is 3.00 bits per heavy atom. The lowest BCUT2D eigenvalue weighted by Gasteiger charge is -2.41. The van der Waals surface area contributed by atoms with E-state index in [2.05, 4.69) is 42.3 Å². The zero-order chi connectivity index (χ0) is 12.5. The molecule has 1 saturated heterocycles. The predicted molar refractivity (Wildman–Crippen MR) is 74.3 cm³/mol. The van der Waals surface area contributed by atoms with Gasteiger partial charge in [0.15, 0.2) is 0 Å². The van der Waals surface area contributed by atoms with Gasteiger partial charge in [0.2, 0.25) is 0 Å². The predicted octanol–water partition coefficient (Wildman–Crippen LogP) is 2.37. The molecule has 18 heavy (non-hydrogen) atoms. The third-order valence-corrected chi connectivity index (χ3v) is 4.00. The fourth-order valence-corrected chi connectivity index (χ4v) is 2.77. The van der Waals surface area contributed by atoms with Crippen LogP contribution in [0.2, 0.25) is 0 Å². The molecule has 0 amide bonds. The van der Waals surface area contributed by atoms with Crippen LogP contribution in [-0.2, 0) is 6.42 Å². The lowest BCUT2D eigenvalue weighted by atomic mass is 9.99. The number of anilines is 1. The number of hydrogen-bond acceptors (Lipinski definition) is 3. The van der Waals surface area contributed by atoms with Gasteiger partial charge in [-0.25, -0.2) is 0 Å². The van der Waals surface area contributed by atoms with Gasteiger partial charge in [-0.1, -0.05) is 12.1 Å². The summed E-state index contributed by atoms with van der Waals surface area (Å²) in [5.74, 6) is 1.73. The topological polar surface area (TPSA) is 24.5 Å². The molecule has 2 aliphatic heterocycles. The van der Waals surface area contributed by atoms with Crippen LogP contribution >= 0.6 is 0 Å². The summed E-state index contributed by atoms with van der Waals surface area (Å²) in [6.45, 7) is 8.76. The van der Waals surface area contributed by atoms with Crippen LogP contribution in [0.3, 0.4) is 0 Å². The number of fused-ring (bicyclic) bond motifs is 1. The van der Waals surface area contributed by atoms with Crippen LogP contribution in [0.1, 0.15) is 19.4 Å². The second-order valence-corrected chi connectivity index (χ2v) is 5.69. The Kier molecular flexibility index (Phi) is 3.16. The molecule has 0 aromatic heterocycles. The van der Waals surface area contributed by atoms with E-state index in [4.69, 9.17) is 4.74 Å². The van der Waals surface area contributed by atoms with Gasteiger partial charge < -0.3 is 15.0 Å². The summed E-state index contributed by atoms with van der Waals surface area (Å²) in [6.07, 6.45) is 1.12. The highest BCUT2D eigenvalue weighted by Gasteiger charge is 2.29. The van der Waals surface area contributed by atoms with Crippen molar-refractivity contribution in [2.45, 2.75) is 26.3 Å². The van der Waals surface area contributed by atoms with Crippen molar-refractivity contribution in [2.24, 2.45) is 5.92 Å². The minimum absolute atomic E-state index is 0.670. The number of nitrogens with one attached hydrogen (secondary N) is 1. The molecular weight excluding hydrogens is 224 g/mol. The van der Waals surface area contributed by atoms with E-state index in [1.54, 1.807) is 0 Å². The van der Waals surface area contributed by atoms with Crippen LogP contribution in [0.5, 0.6) is 5.75 Å². The van der Waals surface area contributed by atoms with Gasteiger partial charge in [0.25, 0.3) is 0 Å². The summed E-state index contributed by atoms with van der Waals surface area (Å²) in [4.78, 5) is 2.49. The second-order valence-electron chi connectivity index (χ2n) is 5.69. The van der Waals surface area contributed by atoms with Gasteiger partial charge in [-0.3, -0.25) is 0 Å². The molecule has 0 atom stereocenters. The maximum absolute atomic E-state index is 5.99. The zero-order valence-electron chi connectivity index (χ0n) is 11.3. The summed E-state index contributed by atoms with van der Waals surface area (Å²) in [5, 5.41) is 3.42. The fraction of sp³-hybridized carbons (Fsp3) is 0.600. The molecule has 1 aromatic carbocycles. The molecule has 1 aromatic rings. The van der Waals surface area contributed by atoms with Crippen LogP contribution in [0.4, 0.5) is 5.69 Å². The van der Waals surface area contributed by atoms with Crippen molar-refractivity contribution in [3.8, 4) is 5.75 Å². The number of rotatable bonds is 4. The highest BCUT2D eigenvalue weighted by atomic mass is 16.5. The van der Waals surface area contributed by atoms with Crippen molar-refractivity contribution in [1.29, 1.82) is 0 Å². The molecule has 0 unspecified atom stereocenters. The molecule has 1 fully saturated rings. The Labute approximate surface area is 109 Å². The Morgan fingerprint density at radius 1 is 1.39 bits per heavy atom. The van der Waals surface area contributed by atoms with E-state index in [0.29, 0.717) is 12.0 Å². The standard InChI is InChI=1S/C15H22N2O/c1-11(2)17-8-12(9-17)10-18-14-5-3-4-13-6-7-16-15(13)14/h3-5,11-12,16H,6-10H2,1-2H3. The lowest BCUT2D eigenvalue weighted by molar-refractivity contribution is 0.0377. The minimum atomic E-state index is 0.670. The lowest BCUT2D eigenvalue weighted by Crippen LogP contribution is -2.52. The average molecular weight is 246 g/mol. The normalized spacial score (nSPS) is 19.5. The number of ether oxygens (including phenoxy) is 1. The molecule has 1 N–H and O–H groups in total. The Balaban J connectivity index is 1.54. The van der Waals surface area contributed by atoms with Crippen LogP contribution in [0.25, 0.3) is 0 Å². The molecule has 3 rings (SSSR count). The van der Waals surface area contributed by atoms with E-state index in [0.717, 1.165) is 25.3 Å². The summed E-state index contributed by atoms with van der Waals surface area (Å²) >= 11 is 0. The average Bonchev–Trinajstić information content (AvgIpc) is 2.75. The van der Waals surface area contributed by atoms with Gasteiger partial charge in [-0.05, 0) is 31.9 Å². The molecule has 0 radical (unpaired) electrons. The summed E-state index contributed by atoms with van der Waals surface area (Å²) in [7, 11) is 0. The molecule has 2 aliphatic rings. The molecule has 0 spiro atoms. The quantitative estimate of drug-likeness (QED) is 0.882. The van der Waals surface area contributed by atoms with Gasteiger partial charge in [-0.15, -0.1) is 0 Å². The van der Waals surface area contributed by atoms with Crippen molar-refractivity contribution in [1.82, 2.24) is 4.90 Å². The third kappa shape index (κ3) is 2.19. The van der Waals surface area contributed by atoms with Crippen LogP contribution in [0, 0.1) is 5.92 Å². The van der Waals surface area contributed by atoms with Gasteiger partial charge in [0.05, 0.1) is 12.3 Å². The van der Waals surface area contributed by atoms with Crippen LogP contribution in [-0.4, -0.2) is 37.2 Å². The van der Waals surface area contributed by atoms with E-state index >= 15 is 0 Å². The fourth-order valence-electron chi connectivity index (χ4n) is 2.77. The van der Waals surface area contributed by atoms with Crippen molar-refractivity contribution in [3.05, 3.63) is 23.8 Å². The SMILES string of the molecule is CC(C)N1CC(COc2cccc3c2NCC3)C1. The van der Waals surface area contributed by atoms with E-state index in [1.165, 1.54) is 24.3 Å². The number of likely N-dealkylation sites (tertiary alicyclic amines) is 1. The number of hydrogen-bond donors (Lipinski definition) is 1. The molecule has 0 bridgehead atoms. The maximum Gasteiger partial charge on any atom is 0.142 e. The highest BCUT2D eigenvalue weighted by Crippen LogP contribution is 2.33. The van der Waals surface area contributed by atoms with Gasteiger partial charge in [0.1, 0.15) is 5.75 Å². The smallest absolute Gasteiger partial charge is 0.142 e. The highest BCUT2D eigenvalue weighted by molar-refractivity contribution is 5.65. The largest absolute Gasteiger partial charge is 0.491 e. The van der Waals surface area contributed by atoms with Crippen molar-refractivity contribution in [2.75, 3.05) is 31.6 Å². The number of nitrogens with zero attached hydrogens (tertiary/aromatic N) is 1. The monoisotopic (exact) mass is 246 g/mol. The number of para-hydroxylation sites is 1. The summed E-state index contributed by atoms with van der Waals surface area (Å²) < 4.78 is 5.99. The zero-order valence-corrected chi connectivity index (χ0v) is 11.3. The number of benzene rings is 1. The summed E-state index contributed by atoms with van der Waals surface area (Å²) in [6, 6.07) is 7.04. The Hall–Kier alpha value is -1.22. The van der Waals surface area contributed by atoms with Gasteiger partial charge >= 0.3 is 0 Å². The first-order valence-electron chi connectivity index (χ1n) is 6.96. The molecule has 0 saturated carbocycles. The van der Waals surface area contributed by atoms with Crippen LogP contribution < -0.4 is 10.1 Å². The first-order chi connectivity index (χ1) is 8.74. The van der Waals surface area contributed by atoms with E-state index in [-0.39, 0.29) is 0 Å². The van der Waals surface area contributed by atoms with Gasteiger partial charge in [-0.2, -0.15) is 0 Å². The maximum atomic E-state index is 5.99. The minimum Gasteiger partial charge on any atom is -0.491 e. The Bertz CT molecular complexity index is 425. The van der Waals surface area contributed by atoms with Crippen molar-refractivity contribution >= 4 is 5.69 Å². The molecule has 0 aliphatic carbocycles. The first kappa shape index (κ1) is 11.8. The van der Waals surface area contributed by atoms with E-state index in [1.807, 2.05) is 0 Å². The molecule has 98 valence electrons. The van der Waals surface area contributed by atoms with Gasteiger partial charge in [0, 0.05) is 31.6 Å². The Morgan fingerprint density at radius 2 is 2.22 bits per heavy atom. The second kappa shape index (κ2) is 4.81. The first-order valence-corrected chi connectivity index (χ1v) is 6.96. The molecule has 3 nitrogen and oxygen atoms in total. The van der Waals surface area contributed by atoms with E-state index < -0.39 is 0 Å². The van der Waals surface area contributed by atoms with Crippen molar-refractivity contribution in [3.63, 3.8) is 0 Å². The molecule has 2 heterocycles. The molecular formula is C15H22N2O. The third-order valence-electron chi connectivity index (χ3n) is 4.00. The van der Waals surface area contributed by atoms with Crippen molar-refractivity contribution < 1.29 is 4.74 Å². The van der Waals surface area contributed by atoms with E-state index in [9.17, 15) is 0 Å². The van der Waals surface area contributed by atoms with Crippen LogP contribution in [0.15, 0.2) is 18.2 Å². The summed E-state index contributed by atoms with van der Waals surface area (Å²) in [5.41, 5.74) is 2.61. The molecule has 3 heteroatoms.